The van der Waals surface area contributed by atoms with Crippen molar-refractivity contribution in [3.05, 3.63) is 35.2 Å². The van der Waals surface area contributed by atoms with Gasteiger partial charge in [-0.15, -0.1) is 5.10 Å². The van der Waals surface area contributed by atoms with Crippen molar-refractivity contribution in [2.75, 3.05) is 12.3 Å². The van der Waals surface area contributed by atoms with Crippen LogP contribution in [0.2, 0.25) is 0 Å². The number of aromatic amines is 1. The van der Waals surface area contributed by atoms with Gasteiger partial charge in [-0.3, -0.25) is 5.10 Å². The predicted molar refractivity (Wildman–Crippen MR) is 75.7 cm³/mol. The molecular formula is C15H18N4O. The Morgan fingerprint density at radius 1 is 1.35 bits per heavy atom. The lowest BCUT2D eigenvalue weighted by atomic mass is 9.96. The summed E-state index contributed by atoms with van der Waals surface area (Å²) in [5, 5.41) is 6.93. The maximum absolute atomic E-state index is 5.67. The second-order valence-electron chi connectivity index (χ2n) is 6.28. The van der Waals surface area contributed by atoms with Crippen molar-refractivity contribution in [3.8, 4) is 5.75 Å². The van der Waals surface area contributed by atoms with Crippen molar-refractivity contribution in [1.82, 2.24) is 15.2 Å². The van der Waals surface area contributed by atoms with Crippen LogP contribution in [0.25, 0.3) is 0 Å². The summed E-state index contributed by atoms with van der Waals surface area (Å²) in [6, 6.07) is 6.36. The van der Waals surface area contributed by atoms with Gasteiger partial charge in [-0.2, -0.15) is 4.98 Å². The Balaban J connectivity index is 1.75. The number of nitrogens with one attached hydrogen (secondary N) is 1. The lowest BCUT2D eigenvalue weighted by molar-refractivity contribution is 0.357. The third kappa shape index (κ3) is 1.49. The number of ether oxygens (including phenoxy) is 1. The summed E-state index contributed by atoms with van der Waals surface area (Å²) in [6.07, 6.45) is 1.00. The largest absolute Gasteiger partial charge is 0.493 e. The first-order valence-corrected chi connectivity index (χ1v) is 7.01. The molecule has 2 aliphatic rings. The molecule has 4 rings (SSSR count). The minimum Gasteiger partial charge on any atom is -0.493 e. The lowest BCUT2D eigenvalue weighted by Gasteiger charge is -2.08. The first-order valence-electron chi connectivity index (χ1n) is 7.01. The molecule has 0 amide bonds. The molecule has 0 bridgehead atoms. The smallest absolute Gasteiger partial charge is 0.239 e. The molecule has 0 spiro atoms. The van der Waals surface area contributed by atoms with Gasteiger partial charge < -0.3 is 10.5 Å². The van der Waals surface area contributed by atoms with E-state index in [2.05, 4.69) is 47.2 Å². The second kappa shape index (κ2) is 3.75. The number of hydrogen-bond donors (Lipinski definition) is 2. The standard InChI is InChI=1S/C15H18N4O/c1-15(2)11(12(15)13-17-14(16)19-18-13)9-4-3-5-10-8(9)6-7-20-10/h3-5,11-12H,6-7H2,1-2H3,(H3,16,17,18,19)/t11-,12+/m1/s1. The SMILES string of the molecule is CC1(C)[C@H](c2nc(N)n[nH]2)[C@H]1c1cccc2c1CCO2. The van der Waals surface area contributed by atoms with Crippen molar-refractivity contribution >= 4 is 5.95 Å². The van der Waals surface area contributed by atoms with Gasteiger partial charge in [0.2, 0.25) is 5.95 Å². The number of nitrogen functional groups attached to an aromatic ring is 1. The maximum atomic E-state index is 5.67. The number of benzene rings is 1. The van der Waals surface area contributed by atoms with Gasteiger partial charge in [-0.25, -0.2) is 0 Å². The van der Waals surface area contributed by atoms with E-state index in [4.69, 9.17) is 10.5 Å². The van der Waals surface area contributed by atoms with E-state index in [1.807, 2.05) is 0 Å². The van der Waals surface area contributed by atoms with Crippen LogP contribution < -0.4 is 10.5 Å². The average Bonchev–Trinajstić information content (AvgIpc) is 2.83. The zero-order valence-corrected chi connectivity index (χ0v) is 11.7. The number of nitrogens with zero attached hydrogens (tertiary/aromatic N) is 2. The van der Waals surface area contributed by atoms with Crippen molar-refractivity contribution in [3.63, 3.8) is 0 Å². The number of rotatable bonds is 2. The van der Waals surface area contributed by atoms with Crippen LogP contribution in [0.15, 0.2) is 18.2 Å². The summed E-state index contributed by atoms with van der Waals surface area (Å²) >= 11 is 0. The molecule has 2 atom stereocenters. The molecule has 2 aromatic rings. The summed E-state index contributed by atoms with van der Waals surface area (Å²) in [6.45, 7) is 5.34. The quantitative estimate of drug-likeness (QED) is 0.877. The minimum absolute atomic E-state index is 0.170. The van der Waals surface area contributed by atoms with Gasteiger partial charge in [0.05, 0.1) is 6.61 Å². The molecule has 5 heteroatoms. The van der Waals surface area contributed by atoms with Gasteiger partial charge in [-0.1, -0.05) is 26.0 Å². The highest BCUT2D eigenvalue weighted by atomic mass is 16.5. The number of anilines is 1. The summed E-state index contributed by atoms with van der Waals surface area (Å²) in [5.41, 5.74) is 8.56. The molecular weight excluding hydrogens is 252 g/mol. The summed E-state index contributed by atoms with van der Waals surface area (Å²) in [5.74, 6) is 3.06. The van der Waals surface area contributed by atoms with Gasteiger partial charge in [0.1, 0.15) is 11.6 Å². The van der Waals surface area contributed by atoms with E-state index in [0.29, 0.717) is 17.8 Å². The van der Waals surface area contributed by atoms with Crippen molar-refractivity contribution in [1.29, 1.82) is 0 Å². The molecule has 1 aromatic carbocycles. The zero-order valence-electron chi connectivity index (χ0n) is 11.7. The molecule has 3 N–H and O–H groups in total. The molecule has 104 valence electrons. The third-order valence-corrected chi connectivity index (χ3v) is 4.76. The maximum Gasteiger partial charge on any atom is 0.239 e. The van der Waals surface area contributed by atoms with Crippen molar-refractivity contribution in [2.45, 2.75) is 32.1 Å². The first kappa shape index (κ1) is 11.8. The molecule has 5 nitrogen and oxygen atoms in total. The summed E-state index contributed by atoms with van der Waals surface area (Å²) in [7, 11) is 0. The summed E-state index contributed by atoms with van der Waals surface area (Å²) in [4.78, 5) is 4.32. The fourth-order valence-electron chi connectivity index (χ4n) is 3.70. The highest BCUT2D eigenvalue weighted by molar-refractivity contribution is 5.50. The molecule has 20 heavy (non-hydrogen) atoms. The number of hydrogen-bond acceptors (Lipinski definition) is 4. The lowest BCUT2D eigenvalue weighted by Crippen LogP contribution is -1.94. The molecule has 0 unspecified atom stereocenters. The Labute approximate surface area is 117 Å². The number of H-pyrrole nitrogens is 1. The molecule has 2 heterocycles. The Bertz CT molecular complexity index is 676. The fraction of sp³-hybridized carbons (Fsp3) is 0.467. The molecule has 0 saturated heterocycles. The van der Waals surface area contributed by atoms with Gasteiger partial charge >= 0.3 is 0 Å². The molecule has 1 aliphatic heterocycles. The Kier molecular flexibility index (Phi) is 2.20. The van der Waals surface area contributed by atoms with Gasteiger partial charge in [0, 0.05) is 23.8 Å². The average molecular weight is 270 g/mol. The number of fused-ring (bicyclic) bond motifs is 1. The molecule has 1 fully saturated rings. The molecule has 1 saturated carbocycles. The van der Waals surface area contributed by atoms with E-state index < -0.39 is 0 Å². The van der Waals surface area contributed by atoms with E-state index in [9.17, 15) is 0 Å². The van der Waals surface area contributed by atoms with Gasteiger partial charge in [0.15, 0.2) is 0 Å². The Hall–Kier alpha value is -2.04. The Morgan fingerprint density at radius 3 is 2.95 bits per heavy atom. The van der Waals surface area contributed by atoms with Crippen LogP contribution in [0, 0.1) is 5.41 Å². The predicted octanol–water partition coefficient (Wildman–Crippen LogP) is 2.23. The monoisotopic (exact) mass is 270 g/mol. The van der Waals surface area contributed by atoms with E-state index in [0.717, 1.165) is 24.6 Å². The second-order valence-corrected chi connectivity index (χ2v) is 6.28. The van der Waals surface area contributed by atoms with Crippen LogP contribution in [-0.2, 0) is 6.42 Å². The van der Waals surface area contributed by atoms with E-state index in [1.165, 1.54) is 11.1 Å². The van der Waals surface area contributed by atoms with Crippen LogP contribution in [-0.4, -0.2) is 21.8 Å². The number of nitrogens with two attached hydrogens (primary N) is 1. The van der Waals surface area contributed by atoms with Crippen LogP contribution in [0.1, 0.15) is 42.6 Å². The van der Waals surface area contributed by atoms with E-state index in [-0.39, 0.29) is 5.41 Å². The van der Waals surface area contributed by atoms with Crippen LogP contribution >= 0.6 is 0 Å². The topological polar surface area (TPSA) is 76.8 Å². The van der Waals surface area contributed by atoms with E-state index in [1.54, 1.807) is 0 Å². The van der Waals surface area contributed by atoms with Crippen molar-refractivity contribution in [2.24, 2.45) is 5.41 Å². The van der Waals surface area contributed by atoms with Gasteiger partial charge in [0.25, 0.3) is 0 Å². The molecule has 0 radical (unpaired) electrons. The summed E-state index contributed by atoms with van der Waals surface area (Å²) < 4.78 is 5.67. The van der Waals surface area contributed by atoms with E-state index >= 15 is 0 Å². The molecule has 1 aromatic heterocycles. The molecule has 1 aliphatic carbocycles. The van der Waals surface area contributed by atoms with Crippen LogP contribution in [0.4, 0.5) is 5.95 Å². The minimum atomic E-state index is 0.170. The number of aromatic nitrogens is 3. The first-order chi connectivity index (χ1) is 9.59. The van der Waals surface area contributed by atoms with Gasteiger partial charge in [-0.05, 0) is 17.0 Å². The van der Waals surface area contributed by atoms with Crippen molar-refractivity contribution < 1.29 is 4.74 Å². The Morgan fingerprint density at radius 2 is 2.20 bits per heavy atom. The zero-order chi connectivity index (χ0) is 13.9. The van der Waals surface area contributed by atoms with Crippen LogP contribution in [0.5, 0.6) is 5.75 Å². The fourth-order valence-corrected chi connectivity index (χ4v) is 3.70. The third-order valence-electron chi connectivity index (χ3n) is 4.76. The highest BCUT2D eigenvalue weighted by Gasteiger charge is 2.61. The van der Waals surface area contributed by atoms with Crippen LogP contribution in [0.3, 0.4) is 0 Å². The highest BCUT2D eigenvalue weighted by Crippen LogP contribution is 2.70. The normalized spacial score (nSPS) is 26.1.